The lowest BCUT2D eigenvalue weighted by Crippen LogP contribution is -2.46. The number of sulfonamides is 1. The van der Waals surface area contributed by atoms with Gasteiger partial charge in [-0.25, -0.2) is 13.1 Å². The zero-order chi connectivity index (χ0) is 20.1. The van der Waals surface area contributed by atoms with Gasteiger partial charge < -0.3 is 5.32 Å². The molecule has 0 spiro atoms. The lowest BCUT2D eigenvalue weighted by atomic mass is 9.86. The Morgan fingerprint density at radius 3 is 2.48 bits per heavy atom. The van der Waals surface area contributed by atoms with Crippen LogP contribution in [0.3, 0.4) is 0 Å². The Labute approximate surface area is 163 Å². The van der Waals surface area contributed by atoms with Gasteiger partial charge in [0, 0.05) is 30.4 Å². The molecule has 152 valence electrons. The van der Waals surface area contributed by atoms with E-state index >= 15 is 0 Å². The maximum absolute atomic E-state index is 12.4. The minimum atomic E-state index is -3.34. The van der Waals surface area contributed by atoms with Gasteiger partial charge in [0.1, 0.15) is 0 Å². The molecule has 1 saturated carbocycles. The molecule has 0 saturated heterocycles. The van der Waals surface area contributed by atoms with Crippen molar-refractivity contribution in [2.24, 2.45) is 5.92 Å². The molecule has 1 heterocycles. The largest absolute Gasteiger partial charge is 0.356 e. The van der Waals surface area contributed by atoms with Crippen molar-refractivity contribution in [1.82, 2.24) is 15.0 Å². The molecule has 1 aliphatic rings. The molecule has 1 aromatic rings. The molecular formula is C20H33N3O3S. The van der Waals surface area contributed by atoms with Gasteiger partial charge in [0.25, 0.3) is 0 Å². The maximum Gasteiger partial charge on any atom is 0.223 e. The Balaban J connectivity index is 1.70. The first kappa shape index (κ1) is 21.8. The van der Waals surface area contributed by atoms with Crippen LogP contribution < -0.4 is 10.0 Å². The first-order chi connectivity index (χ1) is 12.6. The molecule has 2 rings (SSSR count). The van der Waals surface area contributed by atoms with Crippen LogP contribution in [0.4, 0.5) is 0 Å². The van der Waals surface area contributed by atoms with Gasteiger partial charge >= 0.3 is 0 Å². The number of carbonyl (C=O) groups is 1. The van der Waals surface area contributed by atoms with Gasteiger partial charge in [-0.05, 0) is 77.8 Å². The SMILES string of the molecule is Cc1ncccc1CCCNC(=O)C1CCC(NS(=O)(=O)C(C)(C)C)CC1. The summed E-state index contributed by atoms with van der Waals surface area (Å²) in [6.07, 6.45) is 6.46. The van der Waals surface area contributed by atoms with Crippen molar-refractivity contribution in [3.05, 3.63) is 29.6 Å². The highest BCUT2D eigenvalue weighted by Crippen LogP contribution is 2.26. The van der Waals surface area contributed by atoms with Crippen LogP contribution in [-0.4, -0.2) is 36.6 Å². The summed E-state index contributed by atoms with van der Waals surface area (Å²) < 4.78 is 26.5. The van der Waals surface area contributed by atoms with Crippen molar-refractivity contribution in [3.63, 3.8) is 0 Å². The lowest BCUT2D eigenvalue weighted by Gasteiger charge is -2.30. The molecule has 0 aliphatic heterocycles. The van der Waals surface area contributed by atoms with Crippen molar-refractivity contribution >= 4 is 15.9 Å². The van der Waals surface area contributed by atoms with Gasteiger partial charge in [0.2, 0.25) is 15.9 Å². The van der Waals surface area contributed by atoms with E-state index in [2.05, 4.69) is 21.1 Å². The van der Waals surface area contributed by atoms with Gasteiger partial charge in [0.05, 0.1) is 4.75 Å². The average Bonchev–Trinajstić information content (AvgIpc) is 2.59. The fraction of sp³-hybridized carbons (Fsp3) is 0.700. The van der Waals surface area contributed by atoms with E-state index in [0.717, 1.165) is 31.4 Å². The molecule has 2 N–H and O–H groups in total. The Hall–Kier alpha value is -1.47. The van der Waals surface area contributed by atoms with Crippen LogP contribution in [0, 0.1) is 12.8 Å². The standard InChI is InChI=1S/C20H33N3O3S/c1-15-16(7-5-13-21-15)8-6-14-22-19(24)17-9-11-18(12-10-17)23-27(25,26)20(2,3)4/h5,7,13,17-18,23H,6,8-12,14H2,1-4H3,(H,22,24). The van der Waals surface area contributed by atoms with Gasteiger partial charge in [-0.1, -0.05) is 6.07 Å². The minimum Gasteiger partial charge on any atom is -0.356 e. The number of nitrogens with zero attached hydrogens (tertiary/aromatic N) is 1. The minimum absolute atomic E-state index is 0.0134. The number of carbonyl (C=O) groups excluding carboxylic acids is 1. The number of hydrogen-bond donors (Lipinski definition) is 2. The topological polar surface area (TPSA) is 88.2 Å². The van der Waals surface area contributed by atoms with Crippen LogP contribution in [0.25, 0.3) is 0 Å². The zero-order valence-electron chi connectivity index (χ0n) is 16.9. The summed E-state index contributed by atoms with van der Waals surface area (Å²) >= 11 is 0. The predicted molar refractivity (Wildman–Crippen MR) is 108 cm³/mol. The molecule has 1 fully saturated rings. The van der Waals surface area contributed by atoms with Crippen molar-refractivity contribution in [2.45, 2.75) is 77.0 Å². The molecule has 0 unspecified atom stereocenters. The quantitative estimate of drug-likeness (QED) is 0.695. The third-order valence-electron chi connectivity index (χ3n) is 5.26. The van der Waals surface area contributed by atoms with Crippen LogP contribution in [0.2, 0.25) is 0 Å². The number of rotatable bonds is 7. The van der Waals surface area contributed by atoms with E-state index in [1.54, 1.807) is 27.0 Å². The second-order valence-corrected chi connectivity index (χ2v) is 10.9. The second kappa shape index (κ2) is 9.15. The normalized spacial score (nSPS) is 21.0. The number of nitrogens with one attached hydrogen (secondary N) is 2. The molecule has 0 radical (unpaired) electrons. The zero-order valence-corrected chi connectivity index (χ0v) is 17.7. The highest BCUT2D eigenvalue weighted by molar-refractivity contribution is 7.90. The van der Waals surface area contributed by atoms with Gasteiger partial charge in [-0.3, -0.25) is 9.78 Å². The van der Waals surface area contributed by atoms with Crippen LogP contribution in [0.5, 0.6) is 0 Å². The summed E-state index contributed by atoms with van der Waals surface area (Å²) in [5.41, 5.74) is 2.26. The van der Waals surface area contributed by atoms with E-state index in [1.807, 2.05) is 13.0 Å². The predicted octanol–water partition coefficient (Wildman–Crippen LogP) is 2.72. The summed E-state index contributed by atoms with van der Waals surface area (Å²) in [5, 5.41) is 3.03. The number of aromatic nitrogens is 1. The van der Waals surface area contributed by atoms with E-state index < -0.39 is 14.8 Å². The molecular weight excluding hydrogens is 362 g/mol. The maximum atomic E-state index is 12.4. The molecule has 1 aliphatic carbocycles. The van der Waals surface area contributed by atoms with E-state index in [9.17, 15) is 13.2 Å². The summed E-state index contributed by atoms with van der Waals surface area (Å²) in [7, 11) is -3.34. The molecule has 0 aromatic carbocycles. The van der Waals surface area contributed by atoms with E-state index in [0.29, 0.717) is 19.4 Å². The molecule has 27 heavy (non-hydrogen) atoms. The van der Waals surface area contributed by atoms with Crippen LogP contribution in [0.1, 0.15) is 64.1 Å². The van der Waals surface area contributed by atoms with Crippen molar-refractivity contribution in [1.29, 1.82) is 0 Å². The third-order valence-corrected chi connectivity index (χ3v) is 7.52. The molecule has 1 aromatic heterocycles. The van der Waals surface area contributed by atoms with Gasteiger partial charge in [0.15, 0.2) is 0 Å². The van der Waals surface area contributed by atoms with Crippen LogP contribution in [0.15, 0.2) is 18.3 Å². The number of aryl methyl sites for hydroxylation is 2. The number of amides is 1. The fourth-order valence-corrected chi connectivity index (χ4v) is 4.31. The average molecular weight is 396 g/mol. The first-order valence-electron chi connectivity index (χ1n) is 9.80. The van der Waals surface area contributed by atoms with Crippen LogP contribution >= 0.6 is 0 Å². The summed E-state index contributed by atoms with van der Waals surface area (Å²) in [4.78, 5) is 16.6. The fourth-order valence-electron chi connectivity index (χ4n) is 3.29. The van der Waals surface area contributed by atoms with E-state index in [-0.39, 0.29) is 17.9 Å². The third kappa shape index (κ3) is 6.28. The molecule has 6 nitrogen and oxygen atoms in total. The summed E-state index contributed by atoms with van der Waals surface area (Å²) in [5.74, 6) is 0.0792. The molecule has 1 amide bonds. The van der Waals surface area contributed by atoms with Gasteiger partial charge in [-0.15, -0.1) is 0 Å². The number of hydrogen-bond acceptors (Lipinski definition) is 4. The highest BCUT2D eigenvalue weighted by Gasteiger charge is 2.33. The monoisotopic (exact) mass is 395 g/mol. The van der Waals surface area contributed by atoms with E-state index in [4.69, 9.17) is 0 Å². The Bertz CT molecular complexity index is 733. The molecule has 0 atom stereocenters. The van der Waals surface area contributed by atoms with E-state index in [1.165, 1.54) is 5.56 Å². The first-order valence-corrected chi connectivity index (χ1v) is 11.3. The molecule has 7 heteroatoms. The van der Waals surface area contributed by atoms with Crippen molar-refractivity contribution in [2.75, 3.05) is 6.54 Å². The van der Waals surface area contributed by atoms with Gasteiger partial charge in [-0.2, -0.15) is 0 Å². The smallest absolute Gasteiger partial charge is 0.223 e. The number of pyridine rings is 1. The highest BCUT2D eigenvalue weighted by atomic mass is 32.2. The summed E-state index contributed by atoms with van der Waals surface area (Å²) in [6, 6.07) is 3.95. The Kier molecular flexibility index (Phi) is 7.40. The van der Waals surface area contributed by atoms with Crippen LogP contribution in [-0.2, 0) is 21.2 Å². The Morgan fingerprint density at radius 1 is 1.22 bits per heavy atom. The Morgan fingerprint density at radius 2 is 1.89 bits per heavy atom. The van der Waals surface area contributed by atoms with Crippen molar-refractivity contribution < 1.29 is 13.2 Å². The summed E-state index contributed by atoms with van der Waals surface area (Å²) in [6.45, 7) is 7.74. The molecule has 0 bridgehead atoms. The van der Waals surface area contributed by atoms with Crippen molar-refractivity contribution in [3.8, 4) is 0 Å². The lowest BCUT2D eigenvalue weighted by molar-refractivity contribution is -0.126. The second-order valence-electron chi connectivity index (χ2n) is 8.42.